The van der Waals surface area contributed by atoms with E-state index < -0.39 is 5.41 Å². The minimum Gasteiger partial charge on any atom is -0.380 e. The molecule has 142 valence electrons. The van der Waals surface area contributed by atoms with Gasteiger partial charge < -0.3 is 10.1 Å². The monoisotopic (exact) mass is 365 g/mol. The van der Waals surface area contributed by atoms with Gasteiger partial charge >= 0.3 is 0 Å². The molecule has 0 radical (unpaired) electrons. The summed E-state index contributed by atoms with van der Waals surface area (Å²) in [5.74, 6) is 0.235. The number of nitrogens with one attached hydrogen (secondary N) is 1. The van der Waals surface area contributed by atoms with Gasteiger partial charge in [-0.3, -0.25) is 4.79 Å². The Labute approximate surface area is 160 Å². The van der Waals surface area contributed by atoms with Gasteiger partial charge in [0.1, 0.15) is 0 Å². The van der Waals surface area contributed by atoms with Crippen LogP contribution in [0.1, 0.15) is 51.2 Å². The zero-order valence-corrected chi connectivity index (χ0v) is 16.5. The summed E-state index contributed by atoms with van der Waals surface area (Å²) in [5, 5.41) is 12.1. The molecule has 0 amide bonds. The van der Waals surface area contributed by atoms with E-state index in [0.717, 1.165) is 40.8 Å². The Bertz CT molecular complexity index is 881. The summed E-state index contributed by atoms with van der Waals surface area (Å²) in [7, 11) is 1.70. The second-order valence-electron chi connectivity index (χ2n) is 8.55. The average Bonchev–Trinajstić information content (AvgIpc) is 3.08. The maximum atomic E-state index is 13.4. The van der Waals surface area contributed by atoms with E-state index in [1.54, 1.807) is 7.11 Å². The van der Waals surface area contributed by atoms with Crippen LogP contribution in [0.5, 0.6) is 0 Å². The summed E-state index contributed by atoms with van der Waals surface area (Å²) >= 11 is 0. The number of carbonyl (C=O) groups is 1. The lowest BCUT2D eigenvalue weighted by Gasteiger charge is -2.47. The molecule has 5 heteroatoms. The van der Waals surface area contributed by atoms with Crippen LogP contribution in [0.4, 0.5) is 0 Å². The number of nitrogens with zero attached hydrogens (tertiary/aromatic N) is 2. The van der Waals surface area contributed by atoms with Crippen LogP contribution in [-0.2, 0) is 21.6 Å². The van der Waals surface area contributed by atoms with Crippen molar-refractivity contribution in [2.45, 2.75) is 58.2 Å². The van der Waals surface area contributed by atoms with Gasteiger partial charge in [0.15, 0.2) is 11.9 Å². The number of fused-ring (bicyclic) bond motifs is 1. The third-order valence-corrected chi connectivity index (χ3v) is 6.04. The van der Waals surface area contributed by atoms with Crippen molar-refractivity contribution in [3.63, 3.8) is 0 Å². The van der Waals surface area contributed by atoms with Gasteiger partial charge in [-0.05, 0) is 29.4 Å². The molecular weight excluding hydrogens is 338 g/mol. The van der Waals surface area contributed by atoms with Crippen LogP contribution in [0.25, 0.3) is 0 Å². The lowest BCUT2D eigenvalue weighted by molar-refractivity contribution is -0.119. The molecule has 2 heterocycles. The van der Waals surface area contributed by atoms with E-state index in [2.05, 4.69) is 60.6 Å². The third-order valence-electron chi connectivity index (χ3n) is 6.04. The zero-order chi connectivity index (χ0) is 19.2. The predicted octanol–water partition coefficient (Wildman–Crippen LogP) is 4.40. The van der Waals surface area contributed by atoms with Crippen molar-refractivity contribution in [2.75, 3.05) is 7.11 Å². The maximum absolute atomic E-state index is 13.4. The molecule has 1 aromatic rings. The highest BCUT2D eigenvalue weighted by molar-refractivity contribution is 6.01. The minimum atomic E-state index is -0.480. The van der Waals surface area contributed by atoms with Gasteiger partial charge in [0.2, 0.25) is 0 Å². The highest BCUT2D eigenvalue weighted by atomic mass is 16.5. The van der Waals surface area contributed by atoms with Crippen LogP contribution < -0.4 is 5.32 Å². The summed E-state index contributed by atoms with van der Waals surface area (Å²) in [6, 6.07) is 8.42. The van der Waals surface area contributed by atoms with Gasteiger partial charge in [0.25, 0.3) is 0 Å². The summed E-state index contributed by atoms with van der Waals surface area (Å²) < 4.78 is 5.34. The minimum absolute atomic E-state index is 0.0444. The molecule has 0 aromatic heterocycles. The standard InChI is InChI=1S/C22H27N3O2/c1-5-22(15-8-6-7-14(9-15)13-27-4)16-12-23-25-20(16)24-17-10-21(2,3)11-18(26)19(17)22/h6-9,12,20,24H,5,10-11,13H2,1-4H3. The molecule has 3 aliphatic rings. The van der Waals surface area contributed by atoms with Crippen molar-refractivity contribution in [3.05, 3.63) is 58.4 Å². The number of Topliss-reactive ketones (excluding diaryl/α,β-unsaturated/α-hetero) is 1. The number of allylic oxidation sites excluding steroid dienone is 2. The van der Waals surface area contributed by atoms with E-state index in [1.807, 2.05) is 6.20 Å². The Balaban J connectivity index is 1.95. The van der Waals surface area contributed by atoms with Crippen LogP contribution in [0.3, 0.4) is 0 Å². The number of ketones is 1. The van der Waals surface area contributed by atoms with Crippen molar-refractivity contribution in [1.29, 1.82) is 0 Å². The molecule has 0 fully saturated rings. The maximum Gasteiger partial charge on any atom is 0.164 e. The lowest BCUT2D eigenvalue weighted by atomic mass is 9.59. The van der Waals surface area contributed by atoms with Crippen LogP contribution in [0.15, 0.2) is 57.5 Å². The van der Waals surface area contributed by atoms with Crippen LogP contribution >= 0.6 is 0 Å². The van der Waals surface area contributed by atoms with Crippen LogP contribution in [0.2, 0.25) is 0 Å². The number of hydrogen-bond acceptors (Lipinski definition) is 5. The van der Waals surface area contributed by atoms with Gasteiger partial charge in [-0.2, -0.15) is 10.2 Å². The molecule has 4 rings (SSSR count). The number of benzene rings is 1. The molecule has 1 N–H and O–H groups in total. The highest BCUT2D eigenvalue weighted by Gasteiger charge is 2.52. The van der Waals surface area contributed by atoms with Gasteiger partial charge in [-0.1, -0.05) is 45.0 Å². The number of carbonyl (C=O) groups excluding carboxylic acids is 1. The fourth-order valence-corrected chi connectivity index (χ4v) is 4.98. The van der Waals surface area contributed by atoms with Crippen molar-refractivity contribution in [2.24, 2.45) is 15.6 Å². The highest BCUT2D eigenvalue weighted by Crippen LogP contribution is 2.53. The van der Waals surface area contributed by atoms with Gasteiger partial charge in [-0.15, -0.1) is 0 Å². The molecule has 0 spiro atoms. The Morgan fingerprint density at radius 3 is 2.85 bits per heavy atom. The number of ether oxygens (including phenoxy) is 1. The second-order valence-corrected chi connectivity index (χ2v) is 8.55. The number of rotatable bonds is 4. The Kier molecular flexibility index (Phi) is 4.30. The molecule has 2 unspecified atom stereocenters. The first-order valence-corrected chi connectivity index (χ1v) is 9.63. The molecule has 5 nitrogen and oxygen atoms in total. The van der Waals surface area contributed by atoms with Gasteiger partial charge in [-0.25, -0.2) is 0 Å². The molecule has 1 aliphatic carbocycles. The zero-order valence-electron chi connectivity index (χ0n) is 16.5. The fourth-order valence-electron chi connectivity index (χ4n) is 4.98. The topological polar surface area (TPSA) is 63.1 Å². The Morgan fingerprint density at radius 2 is 2.11 bits per heavy atom. The summed E-state index contributed by atoms with van der Waals surface area (Å²) in [6.07, 6.45) is 3.88. The normalized spacial score (nSPS) is 28.5. The van der Waals surface area contributed by atoms with E-state index in [0.29, 0.717) is 13.0 Å². The van der Waals surface area contributed by atoms with Gasteiger partial charge in [0.05, 0.1) is 18.2 Å². The number of hydrogen-bond donors (Lipinski definition) is 1. The smallest absolute Gasteiger partial charge is 0.164 e. The first-order valence-electron chi connectivity index (χ1n) is 9.63. The Morgan fingerprint density at radius 1 is 1.30 bits per heavy atom. The summed E-state index contributed by atoms with van der Waals surface area (Å²) in [4.78, 5) is 13.4. The summed E-state index contributed by atoms with van der Waals surface area (Å²) in [5.41, 5.74) is 4.74. The molecule has 27 heavy (non-hydrogen) atoms. The molecule has 0 saturated carbocycles. The van der Waals surface area contributed by atoms with Gasteiger partial charge in [0, 0.05) is 30.4 Å². The van der Waals surface area contributed by atoms with Crippen molar-refractivity contribution >= 4 is 5.78 Å². The van der Waals surface area contributed by atoms with E-state index in [9.17, 15) is 4.79 Å². The largest absolute Gasteiger partial charge is 0.380 e. The first kappa shape index (κ1) is 18.1. The molecule has 2 atom stereocenters. The Hall–Kier alpha value is -2.27. The molecule has 0 bridgehead atoms. The predicted molar refractivity (Wildman–Crippen MR) is 104 cm³/mol. The van der Waals surface area contributed by atoms with Crippen LogP contribution in [-0.4, -0.2) is 19.1 Å². The summed E-state index contributed by atoms with van der Waals surface area (Å²) in [6.45, 7) is 7.02. The van der Waals surface area contributed by atoms with Crippen molar-refractivity contribution in [3.8, 4) is 0 Å². The fraction of sp³-hybridized carbons (Fsp3) is 0.500. The van der Waals surface area contributed by atoms with E-state index in [1.165, 1.54) is 0 Å². The van der Waals surface area contributed by atoms with Crippen molar-refractivity contribution in [1.82, 2.24) is 5.32 Å². The first-order chi connectivity index (χ1) is 12.9. The van der Waals surface area contributed by atoms with Crippen molar-refractivity contribution < 1.29 is 9.53 Å². The molecule has 2 aliphatic heterocycles. The second kappa shape index (κ2) is 6.41. The molecule has 1 aromatic carbocycles. The quantitative estimate of drug-likeness (QED) is 0.860. The number of methoxy groups -OCH3 is 1. The average molecular weight is 365 g/mol. The SMILES string of the molecule is CCC1(c2cccc(COC)c2)C2=CN=NC2NC2=C1C(=O)CC(C)(C)C2. The van der Waals surface area contributed by atoms with E-state index >= 15 is 0 Å². The lowest BCUT2D eigenvalue weighted by Crippen LogP contribution is -2.51. The number of azo groups is 1. The third kappa shape index (κ3) is 2.76. The molecule has 0 saturated heterocycles. The van der Waals surface area contributed by atoms with Crippen LogP contribution in [0, 0.1) is 5.41 Å². The van der Waals surface area contributed by atoms with E-state index in [4.69, 9.17) is 4.74 Å². The molecular formula is C22H27N3O2. The van der Waals surface area contributed by atoms with E-state index in [-0.39, 0.29) is 17.4 Å².